The maximum absolute atomic E-state index is 13.1. The highest BCUT2D eigenvalue weighted by molar-refractivity contribution is 7.86. The number of nitrogens with one attached hydrogen (secondary N) is 2. The Hall–Kier alpha value is -1.91. The minimum absolute atomic E-state index is 0.127. The molecule has 0 aliphatic rings. The molecule has 0 saturated heterocycles. The van der Waals surface area contributed by atoms with Crippen LogP contribution in [0.4, 0.5) is 24.5 Å². The number of nitrogen functional groups attached to an aromatic ring is 1. The lowest BCUT2D eigenvalue weighted by Crippen LogP contribution is -2.45. The van der Waals surface area contributed by atoms with E-state index in [9.17, 15) is 22.5 Å². The molecule has 12 heteroatoms. The van der Waals surface area contributed by atoms with E-state index in [1.165, 1.54) is 18.2 Å². The van der Waals surface area contributed by atoms with Gasteiger partial charge in [-0.3, -0.25) is 0 Å². The second kappa shape index (κ2) is 11.3. The van der Waals surface area contributed by atoms with Crippen LogP contribution >= 0.6 is 9.24 Å². The number of rotatable bonds is 11. The third kappa shape index (κ3) is 7.05. The van der Waals surface area contributed by atoms with E-state index in [2.05, 4.69) is 10.0 Å². The summed E-state index contributed by atoms with van der Waals surface area (Å²) >= 11 is 0. The Bertz CT molecular complexity index is 931. The second-order valence-corrected chi connectivity index (χ2v) is 9.43. The average Bonchev–Trinajstić information content (AvgIpc) is 2.72. The first-order valence-electron chi connectivity index (χ1n) is 9.76. The summed E-state index contributed by atoms with van der Waals surface area (Å²) < 4.78 is 59.2. The van der Waals surface area contributed by atoms with Gasteiger partial charge in [-0.05, 0) is 23.8 Å². The predicted molar refractivity (Wildman–Crippen MR) is 125 cm³/mol. The van der Waals surface area contributed by atoms with Crippen LogP contribution in [0.15, 0.2) is 42.5 Å². The molecule has 7 N–H and O–H groups in total. The highest BCUT2D eigenvalue weighted by Crippen LogP contribution is 2.44. The topological polar surface area (TPSA) is 123 Å². The number of nitrogens with two attached hydrogens (primary N) is 2. The Morgan fingerprint density at radius 1 is 1.25 bits per heavy atom. The monoisotopic (exact) mass is 492 g/mol. The molecule has 32 heavy (non-hydrogen) atoms. The van der Waals surface area contributed by atoms with Gasteiger partial charge in [0.25, 0.3) is 0 Å². The molecule has 0 fully saturated rings. The van der Waals surface area contributed by atoms with Gasteiger partial charge in [-0.15, -0.1) is 9.24 Å². The van der Waals surface area contributed by atoms with E-state index >= 15 is 0 Å². The fourth-order valence-electron chi connectivity index (χ4n) is 2.77. The van der Waals surface area contributed by atoms with E-state index < -0.39 is 28.5 Å². The Morgan fingerprint density at radius 3 is 2.59 bits per heavy atom. The maximum Gasteiger partial charge on any atom is 0.414 e. The van der Waals surface area contributed by atoms with Crippen LogP contribution in [0.1, 0.15) is 24.2 Å². The Morgan fingerprint density at radius 2 is 1.97 bits per heavy atom. The number of ether oxygens (including phenoxy) is 1. The van der Waals surface area contributed by atoms with E-state index in [0.29, 0.717) is 29.3 Å². The van der Waals surface area contributed by atoms with Crippen molar-refractivity contribution in [3.8, 4) is 5.75 Å². The van der Waals surface area contributed by atoms with Crippen LogP contribution in [-0.2, 0) is 16.3 Å². The SMILES string of the molecule is CCS(=O)Nc1cccc([C@@H](O)CNCCOc2ccc(C(N)(P)C(F)(F)F)c(N)c2)c1. The van der Waals surface area contributed by atoms with Gasteiger partial charge in [0.05, 0.1) is 6.10 Å². The van der Waals surface area contributed by atoms with Gasteiger partial charge in [-0.25, -0.2) is 4.21 Å². The van der Waals surface area contributed by atoms with Crippen LogP contribution in [0, 0.1) is 0 Å². The molecule has 3 unspecified atom stereocenters. The maximum atomic E-state index is 13.1. The molecule has 2 rings (SSSR count). The minimum Gasteiger partial charge on any atom is -0.492 e. The third-order valence-corrected chi connectivity index (χ3v) is 6.21. The van der Waals surface area contributed by atoms with Gasteiger partial charge in [0.1, 0.15) is 23.3 Å². The molecule has 0 saturated carbocycles. The van der Waals surface area contributed by atoms with Crippen molar-refractivity contribution in [2.45, 2.75) is 24.5 Å². The van der Waals surface area contributed by atoms with E-state index in [4.69, 9.17) is 16.2 Å². The van der Waals surface area contributed by atoms with Crippen molar-refractivity contribution in [1.82, 2.24) is 5.32 Å². The molecule has 7 nitrogen and oxygen atoms in total. The number of aliphatic hydroxyl groups is 1. The third-order valence-electron chi connectivity index (χ3n) is 4.59. The van der Waals surface area contributed by atoms with Crippen molar-refractivity contribution in [2.75, 3.05) is 35.9 Å². The Balaban J connectivity index is 1.82. The van der Waals surface area contributed by atoms with E-state index in [1.54, 1.807) is 40.4 Å². The van der Waals surface area contributed by atoms with Crippen LogP contribution < -0.4 is 26.2 Å². The summed E-state index contributed by atoms with van der Waals surface area (Å²) in [5.41, 5.74) is 12.1. The first kappa shape index (κ1) is 26.3. The van der Waals surface area contributed by atoms with Crippen molar-refractivity contribution in [1.29, 1.82) is 0 Å². The van der Waals surface area contributed by atoms with Crippen LogP contribution in [0.2, 0.25) is 0 Å². The van der Waals surface area contributed by atoms with Gasteiger partial charge in [-0.1, -0.05) is 25.1 Å². The first-order valence-corrected chi connectivity index (χ1v) is 11.7. The minimum atomic E-state index is -4.68. The smallest absolute Gasteiger partial charge is 0.414 e. The molecule has 0 amide bonds. The van der Waals surface area contributed by atoms with E-state index in [-0.39, 0.29) is 24.4 Å². The van der Waals surface area contributed by atoms with Crippen LogP contribution in [0.3, 0.4) is 0 Å². The summed E-state index contributed by atoms with van der Waals surface area (Å²) in [6.07, 6.45) is -5.47. The zero-order valence-electron chi connectivity index (χ0n) is 17.5. The van der Waals surface area contributed by atoms with Gasteiger partial charge >= 0.3 is 6.18 Å². The lowest BCUT2D eigenvalue weighted by atomic mass is 10.0. The first-order chi connectivity index (χ1) is 15.0. The van der Waals surface area contributed by atoms with Crippen LogP contribution in [0.5, 0.6) is 5.75 Å². The summed E-state index contributed by atoms with van der Waals surface area (Å²) in [5, 5.41) is 10.7. The number of hydrogen-bond acceptors (Lipinski definition) is 6. The molecule has 0 aromatic heterocycles. The Labute approximate surface area is 189 Å². The van der Waals surface area contributed by atoms with E-state index in [1.807, 2.05) is 0 Å². The summed E-state index contributed by atoms with van der Waals surface area (Å²) in [4.78, 5) is 0. The van der Waals surface area contributed by atoms with E-state index in [0.717, 1.165) is 0 Å². The molecule has 2 aromatic carbocycles. The zero-order valence-corrected chi connectivity index (χ0v) is 19.5. The van der Waals surface area contributed by atoms with Gasteiger partial charge in [0.2, 0.25) is 0 Å². The highest BCUT2D eigenvalue weighted by Gasteiger charge is 2.50. The summed E-state index contributed by atoms with van der Waals surface area (Å²) in [6, 6.07) is 10.9. The summed E-state index contributed by atoms with van der Waals surface area (Å²) in [7, 11) is 0.412. The molecular formula is C20H28F3N4O3PS. The fraction of sp³-hybridized carbons (Fsp3) is 0.400. The van der Waals surface area contributed by atoms with Crippen molar-refractivity contribution in [3.05, 3.63) is 53.6 Å². The quantitative estimate of drug-likeness (QED) is 0.187. The van der Waals surface area contributed by atoms with Gasteiger partial charge in [-0.2, -0.15) is 13.2 Å². The number of hydrogen-bond donors (Lipinski definition) is 5. The molecule has 0 aliphatic heterocycles. The van der Waals surface area contributed by atoms with Gasteiger partial charge in [0, 0.05) is 41.8 Å². The normalized spacial score (nSPS) is 15.6. The van der Waals surface area contributed by atoms with Crippen molar-refractivity contribution >= 4 is 31.6 Å². The molecule has 178 valence electrons. The lowest BCUT2D eigenvalue weighted by Gasteiger charge is -2.29. The molecule has 2 aromatic rings. The summed E-state index contributed by atoms with van der Waals surface area (Å²) in [5.74, 6) is 0.773. The Kier molecular flexibility index (Phi) is 9.29. The van der Waals surface area contributed by atoms with Crippen LogP contribution in [0.25, 0.3) is 0 Å². The van der Waals surface area contributed by atoms with Crippen molar-refractivity contribution in [3.63, 3.8) is 0 Å². The molecule has 0 bridgehead atoms. The molecule has 0 heterocycles. The molecule has 0 radical (unpaired) electrons. The van der Waals surface area contributed by atoms with Crippen molar-refractivity contribution < 1.29 is 27.2 Å². The largest absolute Gasteiger partial charge is 0.492 e. The second-order valence-electron chi connectivity index (χ2n) is 7.05. The molecule has 0 spiro atoms. The van der Waals surface area contributed by atoms with Gasteiger partial charge < -0.3 is 31.3 Å². The zero-order chi connectivity index (χ0) is 23.9. The van der Waals surface area contributed by atoms with Crippen LogP contribution in [-0.4, -0.2) is 40.9 Å². The average molecular weight is 493 g/mol. The highest BCUT2D eigenvalue weighted by atomic mass is 32.2. The number of halogens is 3. The molecular weight excluding hydrogens is 464 g/mol. The van der Waals surface area contributed by atoms with Gasteiger partial charge in [0.15, 0.2) is 5.28 Å². The fourth-order valence-corrected chi connectivity index (χ4v) is 3.57. The predicted octanol–water partition coefficient (Wildman–Crippen LogP) is 2.62. The number of anilines is 2. The molecule has 4 atom stereocenters. The number of benzene rings is 2. The molecule has 0 aliphatic carbocycles. The van der Waals surface area contributed by atoms with Crippen molar-refractivity contribution in [2.24, 2.45) is 5.73 Å². The number of alkyl halides is 3. The lowest BCUT2D eigenvalue weighted by molar-refractivity contribution is -0.161. The number of aliphatic hydroxyl groups excluding tert-OH is 1. The summed E-state index contributed by atoms with van der Waals surface area (Å²) in [6.45, 7) is 2.63. The standard InChI is InChI=1S/C20H28F3N4O3PS/c1-2-32(29)27-14-5-3-4-13(10-14)18(28)12-26-8-9-30-15-6-7-16(17(24)11-15)19(25,31)20(21,22)23/h3-7,10-11,18,26-28H,2,8-9,12,24-25,31H2,1H3/t18-,19?,32?/m0/s1.